The Bertz CT molecular complexity index is 796. The lowest BCUT2D eigenvalue weighted by Crippen LogP contribution is -1.85. The Balaban J connectivity index is 1.91. The van der Waals surface area contributed by atoms with Gasteiger partial charge in [0, 0.05) is 0 Å². The van der Waals surface area contributed by atoms with Gasteiger partial charge in [-0.2, -0.15) is 0 Å². The van der Waals surface area contributed by atoms with Gasteiger partial charge >= 0.3 is 0 Å². The molecule has 0 unspecified atom stereocenters. The molecule has 0 saturated carbocycles. The normalized spacial score (nSPS) is 11.3. The van der Waals surface area contributed by atoms with Crippen molar-refractivity contribution in [3.8, 4) is 22.3 Å². The summed E-state index contributed by atoms with van der Waals surface area (Å²) in [4.78, 5) is 0. The molecule has 3 rings (SSSR count). The third kappa shape index (κ3) is 3.50. The summed E-state index contributed by atoms with van der Waals surface area (Å²) in [5.74, 6) is 0. The van der Waals surface area contributed by atoms with E-state index in [1.165, 1.54) is 12.4 Å². The van der Waals surface area contributed by atoms with Gasteiger partial charge in [-0.05, 0) is 39.4 Å². The van der Waals surface area contributed by atoms with E-state index in [9.17, 15) is 0 Å². The Kier molecular flexibility index (Phi) is 4.68. The van der Waals surface area contributed by atoms with Gasteiger partial charge in [0.15, 0.2) is 0 Å². The van der Waals surface area contributed by atoms with Gasteiger partial charge in [-0.15, -0.1) is 0 Å². The molecule has 0 spiro atoms. The predicted molar refractivity (Wildman–Crippen MR) is 96.1 cm³/mol. The quantitative estimate of drug-likeness (QED) is 0.418. The van der Waals surface area contributed by atoms with Crippen LogP contribution in [0.25, 0.3) is 22.3 Å². The van der Waals surface area contributed by atoms with E-state index < -0.39 is 0 Å². The summed E-state index contributed by atoms with van der Waals surface area (Å²) in [7, 11) is 0. The van der Waals surface area contributed by atoms with E-state index in [1.54, 1.807) is 0 Å². The summed E-state index contributed by atoms with van der Waals surface area (Å²) in [6.45, 7) is 0. The molecule has 4 heteroatoms. The maximum absolute atomic E-state index is 8.57. The van der Waals surface area contributed by atoms with Crippen LogP contribution in [0.15, 0.2) is 83.1 Å². The van der Waals surface area contributed by atoms with Crippen LogP contribution in [0.3, 0.4) is 0 Å². The van der Waals surface area contributed by atoms with E-state index >= 15 is 0 Å². The van der Waals surface area contributed by atoms with Gasteiger partial charge in [-0.1, -0.05) is 77.0 Å². The lowest BCUT2D eigenvalue weighted by molar-refractivity contribution is 0.321. The number of hydrogen-bond acceptors (Lipinski definition) is 4. The highest BCUT2D eigenvalue weighted by molar-refractivity contribution is 5.82. The van der Waals surface area contributed by atoms with Crippen molar-refractivity contribution in [3.05, 3.63) is 83.9 Å². The smallest absolute Gasteiger partial charge is 0.0733 e. The van der Waals surface area contributed by atoms with Crippen LogP contribution in [0.2, 0.25) is 0 Å². The van der Waals surface area contributed by atoms with E-state index in [4.69, 9.17) is 10.4 Å². The summed E-state index contributed by atoms with van der Waals surface area (Å²) in [6.07, 6.45) is 2.80. The molecule has 3 aromatic rings. The molecule has 0 bridgehead atoms. The second-order valence-electron chi connectivity index (χ2n) is 5.31. The Labute approximate surface area is 140 Å². The van der Waals surface area contributed by atoms with Gasteiger partial charge in [0.05, 0.1) is 12.4 Å². The second kappa shape index (κ2) is 7.24. The summed E-state index contributed by atoms with van der Waals surface area (Å²) >= 11 is 0. The van der Waals surface area contributed by atoms with Crippen LogP contribution >= 0.6 is 0 Å². The molecule has 4 nitrogen and oxygen atoms in total. The average Bonchev–Trinajstić information content (AvgIpc) is 2.64. The molecule has 24 heavy (non-hydrogen) atoms. The first kappa shape index (κ1) is 15.5. The third-order valence-electron chi connectivity index (χ3n) is 3.76. The minimum atomic E-state index is 0.846. The Hall–Kier alpha value is -3.40. The summed E-state index contributed by atoms with van der Waals surface area (Å²) in [6, 6.07) is 23.9. The highest BCUT2D eigenvalue weighted by Crippen LogP contribution is 2.26. The number of benzene rings is 3. The van der Waals surface area contributed by atoms with Crippen molar-refractivity contribution in [2.24, 2.45) is 10.3 Å². The molecule has 0 aliphatic rings. The Morgan fingerprint density at radius 2 is 0.958 bits per heavy atom. The Morgan fingerprint density at radius 1 is 0.542 bits per heavy atom. The van der Waals surface area contributed by atoms with E-state index in [2.05, 4.69) is 28.5 Å². The molecule has 0 aliphatic heterocycles. The van der Waals surface area contributed by atoms with Gasteiger partial charge in [-0.3, -0.25) is 0 Å². The van der Waals surface area contributed by atoms with E-state index in [1.807, 2.05) is 54.6 Å². The van der Waals surface area contributed by atoms with Crippen molar-refractivity contribution in [1.82, 2.24) is 0 Å². The molecule has 0 radical (unpaired) electrons. The molecule has 0 aromatic heterocycles. The third-order valence-corrected chi connectivity index (χ3v) is 3.76. The van der Waals surface area contributed by atoms with Gasteiger partial charge in [0.25, 0.3) is 0 Å². The van der Waals surface area contributed by atoms with Crippen LogP contribution in [-0.2, 0) is 0 Å². The molecule has 0 fully saturated rings. The lowest BCUT2D eigenvalue weighted by atomic mass is 9.98. The van der Waals surface area contributed by atoms with Gasteiger partial charge < -0.3 is 10.4 Å². The number of oxime groups is 2. The van der Waals surface area contributed by atoms with E-state index in [0.29, 0.717) is 0 Å². The topological polar surface area (TPSA) is 65.2 Å². The summed E-state index contributed by atoms with van der Waals surface area (Å²) in [5.41, 5.74) is 6.10. The van der Waals surface area contributed by atoms with Gasteiger partial charge in [0.1, 0.15) is 0 Å². The fraction of sp³-hybridized carbons (Fsp3) is 0. The molecule has 0 heterocycles. The lowest BCUT2D eigenvalue weighted by Gasteiger charge is -2.07. The molecule has 118 valence electrons. The van der Waals surface area contributed by atoms with Crippen molar-refractivity contribution < 1.29 is 10.4 Å². The highest BCUT2D eigenvalue weighted by atomic mass is 16.4. The molecule has 0 aliphatic carbocycles. The number of nitrogens with zero attached hydrogens (tertiary/aromatic N) is 2. The van der Waals surface area contributed by atoms with E-state index in [-0.39, 0.29) is 0 Å². The molecule has 0 atom stereocenters. The first-order valence-electron chi connectivity index (χ1n) is 7.46. The predicted octanol–water partition coefficient (Wildman–Crippen LogP) is 4.64. The first-order valence-corrected chi connectivity index (χ1v) is 7.46. The fourth-order valence-electron chi connectivity index (χ4n) is 2.53. The summed E-state index contributed by atoms with van der Waals surface area (Å²) in [5, 5.41) is 23.2. The molecular weight excluding hydrogens is 300 g/mol. The maximum atomic E-state index is 8.57. The molecule has 0 saturated heterocycles. The van der Waals surface area contributed by atoms with Gasteiger partial charge in [-0.25, -0.2) is 0 Å². The highest BCUT2D eigenvalue weighted by Gasteiger charge is 2.02. The molecule has 2 N–H and O–H groups in total. The van der Waals surface area contributed by atoms with Crippen molar-refractivity contribution in [1.29, 1.82) is 0 Å². The van der Waals surface area contributed by atoms with Gasteiger partial charge in [0.2, 0.25) is 0 Å². The Morgan fingerprint density at radius 3 is 1.33 bits per heavy atom. The molecule has 0 amide bonds. The standard InChI is InChI=1S/C20H16N2O2/c23-21-13-15-4-8-17(9-5-15)19-2-1-3-20(12-19)18-10-6-16(7-11-18)14-22-24/h1-14,23-24H/b21-13+,22-14+. The minimum Gasteiger partial charge on any atom is -0.411 e. The zero-order valence-electron chi connectivity index (χ0n) is 12.9. The number of rotatable bonds is 4. The van der Waals surface area contributed by atoms with E-state index in [0.717, 1.165) is 33.4 Å². The second-order valence-corrected chi connectivity index (χ2v) is 5.31. The zero-order chi connectivity index (χ0) is 16.8. The SMILES string of the molecule is O/N=C/c1ccc(-c2cccc(-c3ccc(/C=N/O)cc3)c2)cc1. The maximum Gasteiger partial charge on any atom is 0.0733 e. The van der Waals surface area contributed by atoms with Crippen LogP contribution < -0.4 is 0 Å². The zero-order valence-corrected chi connectivity index (χ0v) is 12.9. The van der Waals surface area contributed by atoms with Crippen LogP contribution in [-0.4, -0.2) is 22.8 Å². The van der Waals surface area contributed by atoms with Crippen LogP contribution in [0.5, 0.6) is 0 Å². The molecular formula is C20H16N2O2. The first-order chi connectivity index (χ1) is 11.8. The van der Waals surface area contributed by atoms with Crippen molar-refractivity contribution >= 4 is 12.4 Å². The average molecular weight is 316 g/mol. The molecule has 3 aromatic carbocycles. The van der Waals surface area contributed by atoms with Crippen molar-refractivity contribution in [2.75, 3.05) is 0 Å². The monoisotopic (exact) mass is 316 g/mol. The largest absolute Gasteiger partial charge is 0.411 e. The van der Waals surface area contributed by atoms with Crippen molar-refractivity contribution in [2.45, 2.75) is 0 Å². The fourth-order valence-corrected chi connectivity index (χ4v) is 2.53. The van der Waals surface area contributed by atoms with Crippen LogP contribution in [0.1, 0.15) is 11.1 Å². The number of hydrogen-bond donors (Lipinski definition) is 2. The van der Waals surface area contributed by atoms with Crippen LogP contribution in [0, 0.1) is 0 Å². The minimum absolute atomic E-state index is 0.846. The summed E-state index contributed by atoms with van der Waals surface area (Å²) < 4.78 is 0. The van der Waals surface area contributed by atoms with Crippen LogP contribution in [0.4, 0.5) is 0 Å². The van der Waals surface area contributed by atoms with Crippen molar-refractivity contribution in [3.63, 3.8) is 0 Å².